The number of hydrogen-bond acceptors (Lipinski definition) is 3. The first-order valence-electron chi connectivity index (χ1n) is 5.67. The van der Waals surface area contributed by atoms with E-state index in [1.165, 1.54) is 30.0 Å². The quantitative estimate of drug-likeness (QED) is 0.481. The van der Waals surface area contributed by atoms with Crippen LogP contribution in [0.15, 0.2) is 23.4 Å². The molecule has 0 atom stereocenters. The average molecular weight is 304 g/mol. The standard InChI is InChI=1S/C12H12ClF2N3S/c1-18-11(10-8(14)4-2-5-9(10)15)16-17-12(18)19-7-3-6-13/h2,4-5H,3,6-7H2,1H3. The summed E-state index contributed by atoms with van der Waals surface area (Å²) in [6, 6.07) is 3.72. The van der Waals surface area contributed by atoms with Crippen LogP contribution in [0.5, 0.6) is 0 Å². The van der Waals surface area contributed by atoms with Crippen molar-refractivity contribution in [2.24, 2.45) is 7.05 Å². The molecule has 2 rings (SSSR count). The molecule has 0 aliphatic carbocycles. The molecule has 7 heteroatoms. The second kappa shape index (κ2) is 6.34. The predicted octanol–water partition coefficient (Wildman–Crippen LogP) is 3.48. The number of benzene rings is 1. The fourth-order valence-corrected chi connectivity index (χ4v) is 2.73. The fourth-order valence-electron chi connectivity index (χ4n) is 1.59. The van der Waals surface area contributed by atoms with E-state index >= 15 is 0 Å². The fraction of sp³-hybridized carbons (Fsp3) is 0.333. The van der Waals surface area contributed by atoms with E-state index in [1.54, 1.807) is 11.6 Å². The molecular weight excluding hydrogens is 292 g/mol. The second-order valence-electron chi connectivity index (χ2n) is 3.85. The molecule has 1 aromatic heterocycles. The maximum atomic E-state index is 13.7. The van der Waals surface area contributed by atoms with Crippen LogP contribution in [0.3, 0.4) is 0 Å². The molecule has 0 amide bonds. The van der Waals surface area contributed by atoms with Crippen molar-refractivity contribution in [1.29, 1.82) is 0 Å². The summed E-state index contributed by atoms with van der Waals surface area (Å²) in [4.78, 5) is 0. The van der Waals surface area contributed by atoms with Gasteiger partial charge in [-0.15, -0.1) is 21.8 Å². The molecule has 0 saturated heterocycles. The highest BCUT2D eigenvalue weighted by Crippen LogP contribution is 2.27. The first-order valence-corrected chi connectivity index (χ1v) is 7.19. The minimum absolute atomic E-state index is 0.151. The Labute approximate surface area is 119 Å². The molecule has 0 aliphatic rings. The van der Waals surface area contributed by atoms with Crippen LogP contribution >= 0.6 is 23.4 Å². The largest absolute Gasteiger partial charge is 0.305 e. The molecule has 102 valence electrons. The SMILES string of the molecule is Cn1c(SCCCCl)nnc1-c1c(F)cccc1F. The zero-order valence-electron chi connectivity index (χ0n) is 10.2. The summed E-state index contributed by atoms with van der Waals surface area (Å²) in [5, 5.41) is 8.42. The number of rotatable bonds is 5. The van der Waals surface area contributed by atoms with E-state index in [9.17, 15) is 8.78 Å². The van der Waals surface area contributed by atoms with Gasteiger partial charge >= 0.3 is 0 Å². The molecule has 1 heterocycles. The van der Waals surface area contributed by atoms with Gasteiger partial charge in [-0.3, -0.25) is 0 Å². The lowest BCUT2D eigenvalue weighted by molar-refractivity contribution is 0.585. The van der Waals surface area contributed by atoms with Crippen molar-refractivity contribution in [3.05, 3.63) is 29.8 Å². The topological polar surface area (TPSA) is 30.7 Å². The molecule has 0 unspecified atom stereocenters. The van der Waals surface area contributed by atoms with Gasteiger partial charge in [0.1, 0.15) is 11.6 Å². The third kappa shape index (κ3) is 3.06. The van der Waals surface area contributed by atoms with Crippen molar-refractivity contribution in [2.45, 2.75) is 11.6 Å². The van der Waals surface area contributed by atoms with E-state index in [0.29, 0.717) is 11.0 Å². The number of halogens is 3. The number of alkyl halides is 1. The second-order valence-corrected chi connectivity index (χ2v) is 5.29. The van der Waals surface area contributed by atoms with Gasteiger partial charge in [-0.25, -0.2) is 8.78 Å². The normalized spacial score (nSPS) is 10.9. The summed E-state index contributed by atoms with van der Waals surface area (Å²) in [5.41, 5.74) is -0.151. The third-order valence-corrected chi connectivity index (χ3v) is 3.90. The van der Waals surface area contributed by atoms with Gasteiger partial charge in [0.05, 0.1) is 5.56 Å². The van der Waals surface area contributed by atoms with Crippen LogP contribution in [-0.4, -0.2) is 26.4 Å². The van der Waals surface area contributed by atoms with E-state index in [1.807, 2.05) is 0 Å². The summed E-state index contributed by atoms with van der Waals surface area (Å²) in [5.74, 6) is 0.249. The summed E-state index contributed by atoms with van der Waals surface area (Å²) < 4.78 is 29.0. The molecule has 0 N–H and O–H groups in total. The van der Waals surface area contributed by atoms with Crippen LogP contribution in [0, 0.1) is 11.6 Å². The summed E-state index contributed by atoms with van der Waals surface area (Å²) in [6.07, 6.45) is 0.836. The predicted molar refractivity (Wildman–Crippen MR) is 72.4 cm³/mol. The Balaban J connectivity index is 2.31. The molecule has 0 aliphatic heterocycles. The minimum Gasteiger partial charge on any atom is -0.305 e. The lowest BCUT2D eigenvalue weighted by Gasteiger charge is -2.05. The minimum atomic E-state index is -0.646. The maximum absolute atomic E-state index is 13.7. The first-order chi connectivity index (χ1) is 9.15. The number of hydrogen-bond donors (Lipinski definition) is 0. The molecule has 0 fully saturated rings. The van der Waals surface area contributed by atoms with Crippen molar-refractivity contribution in [2.75, 3.05) is 11.6 Å². The van der Waals surface area contributed by atoms with E-state index in [-0.39, 0.29) is 11.4 Å². The first kappa shape index (κ1) is 14.3. The lowest BCUT2D eigenvalue weighted by Crippen LogP contribution is -1.99. The Kier molecular flexibility index (Phi) is 4.76. The van der Waals surface area contributed by atoms with Crippen molar-refractivity contribution < 1.29 is 8.78 Å². The zero-order valence-corrected chi connectivity index (χ0v) is 11.8. The van der Waals surface area contributed by atoms with Gasteiger partial charge < -0.3 is 4.57 Å². The smallest absolute Gasteiger partial charge is 0.191 e. The zero-order chi connectivity index (χ0) is 13.8. The highest BCUT2D eigenvalue weighted by Gasteiger charge is 2.18. The van der Waals surface area contributed by atoms with Crippen LogP contribution in [0.2, 0.25) is 0 Å². The highest BCUT2D eigenvalue weighted by atomic mass is 35.5. The molecule has 0 bridgehead atoms. The van der Waals surface area contributed by atoms with Gasteiger partial charge in [0.2, 0.25) is 0 Å². The van der Waals surface area contributed by atoms with Crippen LogP contribution in [0.1, 0.15) is 6.42 Å². The van der Waals surface area contributed by atoms with E-state index < -0.39 is 11.6 Å². The van der Waals surface area contributed by atoms with Crippen molar-refractivity contribution in [3.8, 4) is 11.4 Å². The van der Waals surface area contributed by atoms with Crippen LogP contribution in [0.25, 0.3) is 11.4 Å². The lowest BCUT2D eigenvalue weighted by atomic mass is 10.2. The highest BCUT2D eigenvalue weighted by molar-refractivity contribution is 7.99. The van der Waals surface area contributed by atoms with Crippen molar-refractivity contribution in [1.82, 2.24) is 14.8 Å². The van der Waals surface area contributed by atoms with Crippen LogP contribution in [-0.2, 0) is 7.05 Å². The Bertz CT molecular complexity index is 554. The number of aromatic nitrogens is 3. The number of thioether (sulfide) groups is 1. The Morgan fingerprint density at radius 3 is 2.58 bits per heavy atom. The van der Waals surface area contributed by atoms with Gasteiger partial charge in [-0.2, -0.15) is 0 Å². The molecule has 0 radical (unpaired) electrons. The van der Waals surface area contributed by atoms with E-state index in [0.717, 1.165) is 12.2 Å². The molecular formula is C12H12ClF2N3S. The summed E-state index contributed by atoms with van der Waals surface area (Å²) >= 11 is 7.05. The van der Waals surface area contributed by atoms with Gasteiger partial charge in [0.15, 0.2) is 11.0 Å². The van der Waals surface area contributed by atoms with Crippen LogP contribution in [0.4, 0.5) is 8.78 Å². The van der Waals surface area contributed by atoms with E-state index in [4.69, 9.17) is 11.6 Å². The van der Waals surface area contributed by atoms with Crippen molar-refractivity contribution in [3.63, 3.8) is 0 Å². The number of nitrogens with zero attached hydrogens (tertiary/aromatic N) is 3. The third-order valence-electron chi connectivity index (χ3n) is 2.53. The average Bonchev–Trinajstić information content (AvgIpc) is 2.72. The molecule has 0 spiro atoms. The van der Waals surface area contributed by atoms with Crippen molar-refractivity contribution >= 4 is 23.4 Å². The maximum Gasteiger partial charge on any atom is 0.191 e. The van der Waals surface area contributed by atoms with Gasteiger partial charge in [-0.1, -0.05) is 17.8 Å². The molecule has 19 heavy (non-hydrogen) atoms. The van der Waals surface area contributed by atoms with E-state index in [2.05, 4.69) is 10.2 Å². The van der Waals surface area contributed by atoms with Gasteiger partial charge in [0, 0.05) is 18.7 Å². The summed E-state index contributed by atoms with van der Waals surface area (Å²) in [7, 11) is 1.68. The molecule has 1 aromatic carbocycles. The summed E-state index contributed by atoms with van der Waals surface area (Å²) in [6.45, 7) is 0. The van der Waals surface area contributed by atoms with Crippen LogP contribution < -0.4 is 0 Å². The molecule has 0 saturated carbocycles. The monoisotopic (exact) mass is 303 g/mol. The Morgan fingerprint density at radius 2 is 1.95 bits per heavy atom. The van der Waals surface area contributed by atoms with Gasteiger partial charge in [0.25, 0.3) is 0 Å². The van der Waals surface area contributed by atoms with Gasteiger partial charge in [-0.05, 0) is 18.6 Å². The Morgan fingerprint density at radius 1 is 1.26 bits per heavy atom. The molecule has 2 aromatic rings. The molecule has 3 nitrogen and oxygen atoms in total. The Hall–Kier alpha value is -1.14.